The molecule has 0 unspecified atom stereocenters. The number of hydrogen-bond donors (Lipinski definition) is 2. The van der Waals surface area contributed by atoms with E-state index in [0.29, 0.717) is 36.8 Å². The SMILES string of the molecule is CN=C(NCCc1nc(C)no1)NCCN(C(C)C)C(C)C.I. The van der Waals surface area contributed by atoms with Crippen molar-refractivity contribution in [3.63, 3.8) is 0 Å². The van der Waals surface area contributed by atoms with Crippen molar-refractivity contribution in [1.82, 2.24) is 25.7 Å². The minimum absolute atomic E-state index is 0. The van der Waals surface area contributed by atoms with Gasteiger partial charge in [0.25, 0.3) is 0 Å². The molecule has 2 N–H and O–H groups in total. The molecule has 1 aromatic rings. The third-order valence-corrected chi connectivity index (χ3v) is 3.41. The number of hydrogen-bond acceptors (Lipinski definition) is 5. The Hall–Kier alpha value is -0.900. The van der Waals surface area contributed by atoms with Crippen molar-refractivity contribution in [3.05, 3.63) is 11.7 Å². The van der Waals surface area contributed by atoms with Gasteiger partial charge in [0.1, 0.15) is 0 Å². The standard InChI is InChI=1S/C15H30N6O.HI/c1-11(2)21(12(3)4)10-9-18-15(16-6)17-8-7-14-19-13(5)20-22-14;/h11-12H,7-10H2,1-6H3,(H2,16,17,18);1H. The molecule has 0 amide bonds. The largest absolute Gasteiger partial charge is 0.356 e. The van der Waals surface area contributed by atoms with Crippen LogP contribution in [0.25, 0.3) is 0 Å². The van der Waals surface area contributed by atoms with Gasteiger partial charge in [-0.3, -0.25) is 9.89 Å². The minimum Gasteiger partial charge on any atom is -0.356 e. The first-order chi connectivity index (χ1) is 10.4. The molecular weight excluding hydrogens is 407 g/mol. The van der Waals surface area contributed by atoms with E-state index in [2.05, 4.69) is 58.4 Å². The maximum absolute atomic E-state index is 5.08. The average Bonchev–Trinajstić information content (AvgIpc) is 2.86. The summed E-state index contributed by atoms with van der Waals surface area (Å²) in [4.78, 5) is 10.8. The molecule has 0 saturated carbocycles. The fraction of sp³-hybridized carbons (Fsp3) is 0.800. The Balaban J connectivity index is 0.00000484. The van der Waals surface area contributed by atoms with Crippen molar-refractivity contribution in [3.8, 4) is 0 Å². The lowest BCUT2D eigenvalue weighted by Gasteiger charge is -2.30. The molecule has 0 saturated heterocycles. The quantitative estimate of drug-likeness (QED) is 0.366. The summed E-state index contributed by atoms with van der Waals surface area (Å²) >= 11 is 0. The molecular formula is C15H31IN6O. The van der Waals surface area contributed by atoms with Gasteiger partial charge < -0.3 is 15.2 Å². The van der Waals surface area contributed by atoms with Gasteiger partial charge >= 0.3 is 0 Å². The summed E-state index contributed by atoms with van der Waals surface area (Å²) in [6.07, 6.45) is 0.686. The molecule has 1 aromatic heterocycles. The molecule has 0 bridgehead atoms. The van der Waals surface area contributed by atoms with Gasteiger partial charge in [-0.05, 0) is 34.6 Å². The van der Waals surface area contributed by atoms with Gasteiger partial charge in [-0.25, -0.2) is 0 Å². The lowest BCUT2D eigenvalue weighted by atomic mass is 10.2. The van der Waals surface area contributed by atoms with E-state index in [9.17, 15) is 0 Å². The van der Waals surface area contributed by atoms with Gasteiger partial charge in [-0.2, -0.15) is 4.98 Å². The Morgan fingerprint density at radius 1 is 1.17 bits per heavy atom. The monoisotopic (exact) mass is 438 g/mol. The summed E-state index contributed by atoms with van der Waals surface area (Å²) in [5.41, 5.74) is 0. The second-order valence-electron chi connectivity index (χ2n) is 5.84. The Bertz CT molecular complexity index is 453. The van der Waals surface area contributed by atoms with Gasteiger partial charge in [0.15, 0.2) is 11.8 Å². The van der Waals surface area contributed by atoms with E-state index in [1.165, 1.54) is 0 Å². The molecule has 23 heavy (non-hydrogen) atoms. The smallest absolute Gasteiger partial charge is 0.228 e. The molecule has 0 aliphatic carbocycles. The van der Waals surface area contributed by atoms with E-state index < -0.39 is 0 Å². The fourth-order valence-corrected chi connectivity index (χ4v) is 2.37. The van der Waals surface area contributed by atoms with Crippen LogP contribution in [0, 0.1) is 6.92 Å². The van der Waals surface area contributed by atoms with Crippen LogP contribution in [0.3, 0.4) is 0 Å². The van der Waals surface area contributed by atoms with Gasteiger partial charge in [0.2, 0.25) is 5.89 Å². The van der Waals surface area contributed by atoms with Crippen LogP contribution in [0.15, 0.2) is 9.52 Å². The number of aromatic nitrogens is 2. The van der Waals surface area contributed by atoms with Crippen molar-refractivity contribution < 1.29 is 4.52 Å². The number of rotatable bonds is 8. The Morgan fingerprint density at radius 2 is 1.78 bits per heavy atom. The lowest BCUT2D eigenvalue weighted by Crippen LogP contribution is -2.45. The van der Waals surface area contributed by atoms with Crippen molar-refractivity contribution in [2.24, 2.45) is 4.99 Å². The van der Waals surface area contributed by atoms with Gasteiger partial charge in [-0.15, -0.1) is 24.0 Å². The van der Waals surface area contributed by atoms with Crippen molar-refractivity contribution >= 4 is 29.9 Å². The van der Waals surface area contributed by atoms with Crippen LogP contribution in [-0.2, 0) is 6.42 Å². The third kappa shape index (κ3) is 8.50. The highest BCUT2D eigenvalue weighted by Crippen LogP contribution is 2.03. The topological polar surface area (TPSA) is 78.6 Å². The van der Waals surface area contributed by atoms with Crippen LogP contribution in [0.2, 0.25) is 0 Å². The summed E-state index contributed by atoms with van der Waals surface area (Å²) in [7, 11) is 1.77. The summed E-state index contributed by atoms with van der Waals surface area (Å²) in [6, 6.07) is 1.08. The van der Waals surface area contributed by atoms with Crippen LogP contribution >= 0.6 is 24.0 Å². The highest BCUT2D eigenvalue weighted by Gasteiger charge is 2.12. The van der Waals surface area contributed by atoms with Gasteiger partial charge in [-0.1, -0.05) is 5.16 Å². The molecule has 0 spiro atoms. The van der Waals surface area contributed by atoms with Crippen LogP contribution in [0.4, 0.5) is 0 Å². The summed E-state index contributed by atoms with van der Waals surface area (Å²) in [5, 5.41) is 10.4. The normalized spacial score (nSPS) is 12.0. The second-order valence-corrected chi connectivity index (χ2v) is 5.84. The number of nitrogens with one attached hydrogen (secondary N) is 2. The van der Waals surface area contributed by atoms with Crippen molar-refractivity contribution in [1.29, 1.82) is 0 Å². The number of nitrogens with zero attached hydrogens (tertiary/aromatic N) is 4. The summed E-state index contributed by atoms with van der Waals surface area (Å²) < 4.78 is 5.08. The first-order valence-electron chi connectivity index (χ1n) is 7.93. The zero-order valence-corrected chi connectivity index (χ0v) is 17.4. The van der Waals surface area contributed by atoms with E-state index in [1.54, 1.807) is 7.05 Å². The zero-order valence-electron chi connectivity index (χ0n) is 15.1. The van der Waals surface area contributed by atoms with Crippen molar-refractivity contribution in [2.75, 3.05) is 26.7 Å². The third-order valence-electron chi connectivity index (χ3n) is 3.41. The summed E-state index contributed by atoms with van der Waals surface area (Å²) in [6.45, 7) is 13.3. The maximum atomic E-state index is 5.08. The van der Waals surface area contributed by atoms with E-state index in [1.807, 2.05) is 6.92 Å². The number of aliphatic imine (C=N–C) groups is 1. The molecule has 0 radical (unpaired) electrons. The molecule has 0 aromatic carbocycles. The minimum atomic E-state index is 0. The molecule has 8 heteroatoms. The van der Waals surface area contributed by atoms with Gasteiger partial charge in [0.05, 0.1) is 0 Å². The zero-order chi connectivity index (χ0) is 16.5. The van der Waals surface area contributed by atoms with E-state index in [0.717, 1.165) is 19.0 Å². The molecule has 1 heterocycles. The Labute approximate surface area is 156 Å². The van der Waals surface area contributed by atoms with Crippen LogP contribution in [0.5, 0.6) is 0 Å². The molecule has 1 rings (SSSR count). The highest BCUT2D eigenvalue weighted by molar-refractivity contribution is 14.0. The summed E-state index contributed by atoms with van der Waals surface area (Å²) in [5.74, 6) is 2.11. The fourth-order valence-electron chi connectivity index (χ4n) is 2.37. The van der Waals surface area contributed by atoms with E-state index in [4.69, 9.17) is 4.52 Å². The second kappa shape index (κ2) is 11.6. The van der Waals surface area contributed by atoms with Crippen molar-refractivity contribution in [2.45, 2.75) is 53.1 Å². The van der Waals surface area contributed by atoms with Crippen LogP contribution in [0.1, 0.15) is 39.4 Å². The van der Waals surface area contributed by atoms with E-state index in [-0.39, 0.29) is 24.0 Å². The average molecular weight is 438 g/mol. The van der Waals surface area contributed by atoms with E-state index >= 15 is 0 Å². The van der Waals surface area contributed by atoms with Crippen LogP contribution in [-0.4, -0.2) is 59.8 Å². The predicted molar refractivity (Wildman–Crippen MR) is 104 cm³/mol. The number of halogens is 1. The Kier molecular flexibility index (Phi) is 11.2. The highest BCUT2D eigenvalue weighted by atomic mass is 127. The lowest BCUT2D eigenvalue weighted by molar-refractivity contribution is 0.178. The molecule has 0 aliphatic rings. The first-order valence-corrected chi connectivity index (χ1v) is 7.93. The maximum Gasteiger partial charge on any atom is 0.228 e. The predicted octanol–water partition coefficient (Wildman–Crippen LogP) is 1.82. The molecule has 0 aliphatic heterocycles. The van der Waals surface area contributed by atoms with Gasteiger partial charge in [0, 0.05) is 45.2 Å². The Morgan fingerprint density at radius 3 is 2.26 bits per heavy atom. The number of aryl methyl sites for hydroxylation is 1. The van der Waals surface area contributed by atoms with Crippen LogP contribution < -0.4 is 10.6 Å². The molecule has 134 valence electrons. The molecule has 7 nitrogen and oxygen atoms in total. The number of guanidine groups is 1. The molecule has 0 atom stereocenters. The first kappa shape index (κ1) is 22.1. The molecule has 0 fully saturated rings.